The van der Waals surface area contributed by atoms with Gasteiger partial charge >= 0.3 is 0 Å². The minimum Gasteiger partial charge on any atom is -0.291 e. The maximum atomic E-state index is 5.89. The topological polar surface area (TPSA) is 51.6 Å². The van der Waals surface area contributed by atoms with Crippen LogP contribution in [0.15, 0.2) is 0 Å². The molecule has 4 rings (SSSR count). The number of rotatable bonds is 1. The molecule has 0 saturated heterocycles. The standard InChI is InChI=1S/C11H18N2/c12-10(13)11-4-7-1-8(5-11)3-9(2-7)6-11/h7-9H,1-6H2,(H3,12,13)/p+1. The van der Waals surface area contributed by atoms with Crippen LogP contribution in [0.3, 0.4) is 0 Å². The average Bonchev–Trinajstić information content (AvgIpc) is 2.00. The molecule has 13 heavy (non-hydrogen) atoms. The Kier molecular flexibility index (Phi) is 1.38. The molecule has 72 valence electrons. The molecular weight excluding hydrogens is 160 g/mol. The summed E-state index contributed by atoms with van der Waals surface area (Å²) in [6.45, 7) is 0. The van der Waals surface area contributed by atoms with Gasteiger partial charge in [0.1, 0.15) is 0 Å². The molecule has 0 radical (unpaired) electrons. The van der Waals surface area contributed by atoms with Crippen molar-refractivity contribution in [3.05, 3.63) is 0 Å². The molecule has 4 saturated carbocycles. The maximum Gasteiger partial charge on any atom is 0.244 e. The van der Waals surface area contributed by atoms with E-state index in [1.54, 1.807) is 0 Å². The Labute approximate surface area is 79.4 Å². The summed E-state index contributed by atoms with van der Waals surface area (Å²) in [6.07, 6.45) is 8.27. The van der Waals surface area contributed by atoms with Crippen molar-refractivity contribution in [3.63, 3.8) is 0 Å². The van der Waals surface area contributed by atoms with Gasteiger partial charge in [-0.15, -0.1) is 0 Å². The van der Waals surface area contributed by atoms with Crippen molar-refractivity contribution in [1.82, 2.24) is 0 Å². The zero-order chi connectivity index (χ0) is 9.05. The van der Waals surface area contributed by atoms with Crippen LogP contribution in [0.2, 0.25) is 0 Å². The van der Waals surface area contributed by atoms with Gasteiger partial charge in [0.25, 0.3) is 0 Å². The van der Waals surface area contributed by atoms with E-state index < -0.39 is 0 Å². The summed E-state index contributed by atoms with van der Waals surface area (Å²) in [5.41, 5.74) is 6.16. The Morgan fingerprint density at radius 2 is 1.38 bits per heavy atom. The van der Waals surface area contributed by atoms with Crippen LogP contribution < -0.4 is 11.1 Å². The van der Waals surface area contributed by atoms with Crippen molar-refractivity contribution in [3.8, 4) is 0 Å². The molecule has 0 aliphatic heterocycles. The molecule has 0 spiro atoms. The van der Waals surface area contributed by atoms with Gasteiger partial charge in [0.15, 0.2) is 0 Å². The lowest BCUT2D eigenvalue weighted by molar-refractivity contribution is -0.142. The van der Waals surface area contributed by atoms with Crippen LogP contribution in [-0.4, -0.2) is 5.84 Å². The van der Waals surface area contributed by atoms with E-state index in [9.17, 15) is 0 Å². The van der Waals surface area contributed by atoms with E-state index in [2.05, 4.69) is 0 Å². The molecule has 0 heterocycles. The summed E-state index contributed by atoms with van der Waals surface area (Å²) in [6, 6.07) is 0. The van der Waals surface area contributed by atoms with Gasteiger partial charge in [-0.25, -0.2) is 0 Å². The van der Waals surface area contributed by atoms with E-state index in [1.807, 2.05) is 0 Å². The van der Waals surface area contributed by atoms with Crippen LogP contribution in [0, 0.1) is 23.2 Å². The first-order valence-corrected chi connectivity index (χ1v) is 5.56. The Balaban J connectivity index is 1.95. The smallest absolute Gasteiger partial charge is 0.244 e. The number of amidine groups is 1. The van der Waals surface area contributed by atoms with Crippen molar-refractivity contribution < 1.29 is 5.41 Å². The lowest BCUT2D eigenvalue weighted by Gasteiger charge is -2.54. The van der Waals surface area contributed by atoms with Crippen molar-refractivity contribution >= 4 is 5.84 Å². The first kappa shape index (κ1) is 7.84. The normalized spacial score (nSPS) is 52.5. The van der Waals surface area contributed by atoms with Crippen molar-refractivity contribution in [2.75, 3.05) is 0 Å². The third-order valence-electron chi connectivity index (χ3n) is 4.65. The fourth-order valence-electron chi connectivity index (χ4n) is 4.46. The molecule has 4 aliphatic rings. The molecular formula is C11H19N2+. The van der Waals surface area contributed by atoms with Crippen LogP contribution in [0.4, 0.5) is 0 Å². The van der Waals surface area contributed by atoms with Gasteiger partial charge < -0.3 is 0 Å². The predicted molar refractivity (Wildman–Crippen MR) is 51.7 cm³/mol. The fraction of sp³-hybridized carbons (Fsp3) is 0.909. The average molecular weight is 179 g/mol. The highest BCUT2D eigenvalue weighted by Gasteiger charge is 2.54. The number of hydrogen-bond donors (Lipinski definition) is 2. The van der Waals surface area contributed by atoms with Gasteiger partial charge in [-0.05, 0) is 56.3 Å². The molecule has 0 aromatic heterocycles. The first-order chi connectivity index (χ1) is 6.18. The highest BCUT2D eigenvalue weighted by molar-refractivity contribution is 5.81. The molecule has 4 bridgehead atoms. The molecule has 2 heteroatoms. The molecule has 4 fully saturated rings. The lowest BCUT2D eigenvalue weighted by Crippen LogP contribution is -2.61. The van der Waals surface area contributed by atoms with Gasteiger partial charge in [-0.2, -0.15) is 0 Å². The highest BCUT2D eigenvalue weighted by Crippen LogP contribution is 2.59. The van der Waals surface area contributed by atoms with Crippen molar-refractivity contribution in [1.29, 1.82) is 0 Å². The summed E-state index contributed by atoms with van der Waals surface area (Å²) in [5, 5.41) is 5.89. The van der Waals surface area contributed by atoms with Crippen molar-refractivity contribution in [2.24, 2.45) is 28.9 Å². The molecule has 0 atom stereocenters. The van der Waals surface area contributed by atoms with E-state index in [-0.39, 0.29) is 5.41 Å². The van der Waals surface area contributed by atoms with Gasteiger partial charge in [0.2, 0.25) is 5.84 Å². The molecule has 0 amide bonds. The Morgan fingerprint density at radius 1 is 1.00 bits per heavy atom. The fourth-order valence-corrected chi connectivity index (χ4v) is 4.46. The van der Waals surface area contributed by atoms with E-state index in [1.165, 1.54) is 38.5 Å². The summed E-state index contributed by atoms with van der Waals surface area (Å²) in [5.74, 6) is 3.60. The predicted octanol–water partition coefficient (Wildman–Crippen LogP) is 0.319. The monoisotopic (exact) mass is 179 g/mol. The molecule has 0 aromatic carbocycles. The molecule has 4 aliphatic carbocycles. The summed E-state index contributed by atoms with van der Waals surface area (Å²) in [4.78, 5) is 0. The van der Waals surface area contributed by atoms with Crippen LogP contribution in [0.5, 0.6) is 0 Å². The van der Waals surface area contributed by atoms with Crippen molar-refractivity contribution in [2.45, 2.75) is 38.5 Å². The van der Waals surface area contributed by atoms with E-state index in [0.29, 0.717) is 0 Å². The molecule has 0 unspecified atom stereocenters. The van der Waals surface area contributed by atoms with Gasteiger partial charge in [-0.1, -0.05) is 0 Å². The summed E-state index contributed by atoms with van der Waals surface area (Å²) < 4.78 is 0. The minimum atomic E-state index is 0.273. The second kappa shape index (κ2) is 2.28. The zero-order valence-corrected chi connectivity index (χ0v) is 8.13. The third kappa shape index (κ3) is 0.976. The number of nitrogens with two attached hydrogens (primary N) is 2. The Morgan fingerprint density at radius 3 is 1.69 bits per heavy atom. The van der Waals surface area contributed by atoms with Crippen LogP contribution in [0.1, 0.15) is 38.5 Å². The first-order valence-electron chi connectivity index (χ1n) is 5.56. The van der Waals surface area contributed by atoms with Gasteiger partial charge in [0.05, 0.1) is 5.41 Å². The van der Waals surface area contributed by atoms with Gasteiger partial charge in [0, 0.05) is 0 Å². The van der Waals surface area contributed by atoms with E-state index in [4.69, 9.17) is 11.1 Å². The molecule has 2 nitrogen and oxygen atoms in total. The summed E-state index contributed by atoms with van der Waals surface area (Å²) >= 11 is 0. The second-order valence-electron chi connectivity index (χ2n) is 5.65. The van der Waals surface area contributed by atoms with Crippen LogP contribution in [-0.2, 0) is 0 Å². The van der Waals surface area contributed by atoms with E-state index >= 15 is 0 Å². The highest BCUT2D eigenvalue weighted by atomic mass is 14.8. The maximum absolute atomic E-state index is 5.89. The summed E-state index contributed by atoms with van der Waals surface area (Å²) in [7, 11) is 0. The van der Waals surface area contributed by atoms with Crippen LogP contribution >= 0.6 is 0 Å². The quantitative estimate of drug-likeness (QED) is 0.442. The number of hydrogen-bond acceptors (Lipinski definition) is 0. The Hall–Kier alpha value is -0.530. The van der Waals surface area contributed by atoms with Gasteiger partial charge in [-0.3, -0.25) is 11.1 Å². The SMILES string of the molecule is NC(=[NH2+])C12CC3CC(CC(C3)C1)C2. The molecule has 0 aromatic rings. The minimum absolute atomic E-state index is 0.273. The Bertz CT molecular complexity index is 222. The third-order valence-corrected chi connectivity index (χ3v) is 4.65. The zero-order valence-electron chi connectivity index (χ0n) is 8.13. The largest absolute Gasteiger partial charge is 0.291 e. The second-order valence-corrected chi connectivity index (χ2v) is 5.65. The van der Waals surface area contributed by atoms with Crippen LogP contribution in [0.25, 0.3) is 0 Å². The van der Waals surface area contributed by atoms with E-state index in [0.717, 1.165) is 23.6 Å². The lowest BCUT2D eigenvalue weighted by atomic mass is 9.49. The molecule has 4 N–H and O–H groups in total.